The molecular formula is C10H17O5P. The molecule has 0 saturated heterocycles. The van der Waals surface area contributed by atoms with Crippen molar-refractivity contribution >= 4 is 13.9 Å². The van der Waals surface area contributed by atoms with E-state index >= 15 is 0 Å². The first-order valence-corrected chi connectivity index (χ1v) is 6.54. The second-order valence-corrected chi connectivity index (χ2v) is 4.83. The third kappa shape index (κ3) is 4.44. The van der Waals surface area contributed by atoms with Crippen LogP contribution in [0, 0.1) is 0 Å². The Labute approximate surface area is 95.3 Å². The monoisotopic (exact) mass is 248 g/mol. The van der Waals surface area contributed by atoms with Gasteiger partial charge in [-0.1, -0.05) is 0 Å². The Kier molecular flexibility index (Phi) is 7.22. The maximum absolute atomic E-state index is 12.2. The molecule has 0 aliphatic carbocycles. The first-order valence-electron chi connectivity index (χ1n) is 4.99. The van der Waals surface area contributed by atoms with Crippen molar-refractivity contribution in [1.29, 1.82) is 0 Å². The molecule has 1 atom stereocenters. The molecule has 1 N–H and O–H groups in total. The Morgan fingerprint density at radius 2 is 1.94 bits per heavy atom. The molecule has 0 saturated carbocycles. The quantitative estimate of drug-likeness (QED) is 0.322. The Bertz CT molecular complexity index is 318. The number of aldehydes is 1. The molecule has 0 aliphatic rings. The van der Waals surface area contributed by atoms with E-state index in [1.807, 2.05) is 0 Å². The van der Waals surface area contributed by atoms with Crippen LogP contribution in [-0.4, -0.2) is 30.7 Å². The highest BCUT2D eigenvalue weighted by Crippen LogP contribution is 2.56. The standard InChI is InChI=1S/C10H17O5P/c1-4-14-16(13,15-5-2)10(9(3)12)7-6-8-11/h6,8-9,12H,4-5H2,1-3H3. The van der Waals surface area contributed by atoms with Gasteiger partial charge in [-0.3, -0.25) is 9.36 Å². The third-order valence-electron chi connectivity index (χ3n) is 1.59. The molecular weight excluding hydrogens is 231 g/mol. The minimum absolute atomic E-state index is 0.0386. The normalized spacial score (nSPS) is 12.8. The molecule has 5 nitrogen and oxygen atoms in total. The molecule has 0 aliphatic heterocycles. The SMILES string of the molecule is CCOP(=O)(OCC)C(=C=CC=O)C(C)O. The van der Waals surface area contributed by atoms with Gasteiger partial charge in [0.25, 0.3) is 0 Å². The van der Waals surface area contributed by atoms with Crippen LogP contribution in [0.2, 0.25) is 0 Å². The fraction of sp³-hybridized carbons (Fsp3) is 0.600. The molecule has 0 radical (unpaired) electrons. The summed E-state index contributed by atoms with van der Waals surface area (Å²) in [5.74, 6) is 0. The number of hydrogen-bond donors (Lipinski definition) is 1. The van der Waals surface area contributed by atoms with Gasteiger partial charge in [0.2, 0.25) is 0 Å². The second-order valence-electron chi connectivity index (χ2n) is 2.84. The Morgan fingerprint density at radius 1 is 1.44 bits per heavy atom. The number of rotatable bonds is 7. The molecule has 0 aromatic heterocycles. The molecule has 0 aromatic carbocycles. The van der Waals surface area contributed by atoms with Gasteiger partial charge in [-0.05, 0) is 20.8 Å². The number of aliphatic hydroxyl groups is 1. The van der Waals surface area contributed by atoms with E-state index < -0.39 is 13.7 Å². The van der Waals surface area contributed by atoms with E-state index in [4.69, 9.17) is 9.05 Å². The van der Waals surface area contributed by atoms with Crippen molar-refractivity contribution in [1.82, 2.24) is 0 Å². The van der Waals surface area contributed by atoms with E-state index in [1.54, 1.807) is 13.8 Å². The van der Waals surface area contributed by atoms with Crippen LogP contribution in [0.3, 0.4) is 0 Å². The van der Waals surface area contributed by atoms with Crippen molar-refractivity contribution in [3.63, 3.8) is 0 Å². The highest BCUT2D eigenvalue weighted by molar-refractivity contribution is 7.58. The van der Waals surface area contributed by atoms with Crippen LogP contribution in [0.5, 0.6) is 0 Å². The highest BCUT2D eigenvalue weighted by atomic mass is 31.2. The van der Waals surface area contributed by atoms with Gasteiger partial charge in [-0.25, -0.2) is 0 Å². The van der Waals surface area contributed by atoms with Crippen molar-refractivity contribution in [2.75, 3.05) is 13.2 Å². The van der Waals surface area contributed by atoms with Gasteiger partial charge in [-0.15, -0.1) is 5.73 Å². The van der Waals surface area contributed by atoms with Crippen molar-refractivity contribution in [2.24, 2.45) is 0 Å². The van der Waals surface area contributed by atoms with Gasteiger partial charge in [-0.2, -0.15) is 0 Å². The maximum atomic E-state index is 12.2. The van der Waals surface area contributed by atoms with Crippen LogP contribution in [0.25, 0.3) is 0 Å². The Balaban J connectivity index is 5.35. The smallest absolute Gasteiger partial charge is 0.367 e. The van der Waals surface area contributed by atoms with Crippen molar-refractivity contribution in [3.05, 3.63) is 17.1 Å². The van der Waals surface area contributed by atoms with Crippen molar-refractivity contribution in [3.8, 4) is 0 Å². The number of hydrogen-bond acceptors (Lipinski definition) is 5. The van der Waals surface area contributed by atoms with Crippen LogP contribution < -0.4 is 0 Å². The molecule has 0 rings (SSSR count). The van der Waals surface area contributed by atoms with E-state index in [0.717, 1.165) is 6.08 Å². The summed E-state index contributed by atoms with van der Waals surface area (Å²) in [4.78, 5) is 10.2. The molecule has 0 aromatic rings. The zero-order valence-electron chi connectivity index (χ0n) is 9.67. The van der Waals surface area contributed by atoms with Crippen LogP contribution in [0.1, 0.15) is 20.8 Å². The zero-order valence-corrected chi connectivity index (χ0v) is 10.6. The summed E-state index contributed by atoms with van der Waals surface area (Å²) in [6, 6.07) is 0. The summed E-state index contributed by atoms with van der Waals surface area (Å²) < 4.78 is 22.3. The van der Waals surface area contributed by atoms with E-state index in [-0.39, 0.29) is 18.5 Å². The predicted octanol–water partition coefficient (Wildman–Crippen LogP) is 1.87. The largest absolute Gasteiger partial charge is 0.388 e. The summed E-state index contributed by atoms with van der Waals surface area (Å²) in [6.45, 7) is 5.09. The van der Waals surface area contributed by atoms with Crippen molar-refractivity contribution < 1.29 is 23.5 Å². The van der Waals surface area contributed by atoms with Gasteiger partial charge in [0, 0.05) is 6.08 Å². The Morgan fingerprint density at radius 3 is 2.25 bits per heavy atom. The van der Waals surface area contributed by atoms with E-state index in [0.29, 0.717) is 6.29 Å². The molecule has 0 spiro atoms. The minimum atomic E-state index is -3.55. The second kappa shape index (κ2) is 7.55. The highest BCUT2D eigenvalue weighted by Gasteiger charge is 2.32. The third-order valence-corrected chi connectivity index (χ3v) is 3.88. The van der Waals surface area contributed by atoms with E-state index in [1.165, 1.54) is 6.92 Å². The minimum Gasteiger partial charge on any atom is -0.388 e. The molecule has 0 heterocycles. The van der Waals surface area contributed by atoms with Gasteiger partial charge >= 0.3 is 7.60 Å². The van der Waals surface area contributed by atoms with Crippen LogP contribution in [0.15, 0.2) is 17.1 Å². The summed E-state index contributed by atoms with van der Waals surface area (Å²) in [7, 11) is -3.55. The van der Waals surface area contributed by atoms with Gasteiger partial charge < -0.3 is 14.2 Å². The molecule has 0 bridgehead atoms. The van der Waals surface area contributed by atoms with Crippen LogP contribution >= 0.6 is 7.60 Å². The average molecular weight is 248 g/mol. The number of carbonyl (C=O) groups excluding carboxylic acids is 1. The molecule has 16 heavy (non-hydrogen) atoms. The Hall–Kier alpha value is -0.700. The first-order chi connectivity index (χ1) is 7.51. The van der Waals surface area contributed by atoms with Crippen LogP contribution in [0.4, 0.5) is 0 Å². The number of carbonyl (C=O) groups is 1. The van der Waals surface area contributed by atoms with Gasteiger partial charge in [0.1, 0.15) is 5.31 Å². The van der Waals surface area contributed by atoms with E-state index in [9.17, 15) is 14.5 Å². The van der Waals surface area contributed by atoms with Gasteiger partial charge in [0.15, 0.2) is 6.29 Å². The summed E-state index contributed by atoms with van der Waals surface area (Å²) in [6.07, 6.45) is 0.442. The summed E-state index contributed by atoms with van der Waals surface area (Å²) >= 11 is 0. The maximum Gasteiger partial charge on any atom is 0.367 e. The fourth-order valence-corrected chi connectivity index (χ4v) is 2.79. The molecule has 92 valence electrons. The van der Waals surface area contributed by atoms with Gasteiger partial charge in [0.05, 0.1) is 19.3 Å². The summed E-state index contributed by atoms with van der Waals surface area (Å²) in [5.41, 5.74) is 2.44. The van der Waals surface area contributed by atoms with E-state index in [2.05, 4.69) is 5.73 Å². The molecule has 0 amide bonds. The topological polar surface area (TPSA) is 72.8 Å². The lowest BCUT2D eigenvalue weighted by Crippen LogP contribution is -2.09. The lowest BCUT2D eigenvalue weighted by Gasteiger charge is -2.19. The molecule has 1 unspecified atom stereocenters. The molecule has 6 heteroatoms. The zero-order chi connectivity index (χ0) is 12.6. The lowest BCUT2D eigenvalue weighted by atomic mass is 10.4. The summed E-state index contributed by atoms with van der Waals surface area (Å²) in [5, 5.41) is 9.42. The van der Waals surface area contributed by atoms with Crippen molar-refractivity contribution in [2.45, 2.75) is 26.9 Å². The average Bonchev–Trinajstić information content (AvgIpc) is 2.18. The fourth-order valence-electron chi connectivity index (χ4n) is 1.06. The lowest BCUT2D eigenvalue weighted by molar-refractivity contribution is -0.104. The molecule has 0 fully saturated rings. The number of aliphatic hydroxyl groups excluding tert-OH is 1. The van der Waals surface area contributed by atoms with Crippen LogP contribution in [-0.2, 0) is 18.4 Å². The first kappa shape index (κ1) is 15.3. The predicted molar refractivity (Wildman–Crippen MR) is 60.2 cm³/mol.